The maximum absolute atomic E-state index is 13.8. The Morgan fingerprint density at radius 2 is 1.59 bits per heavy atom. The smallest absolute Gasteiger partial charge is 0.341 e. The molecule has 0 aliphatic heterocycles. The van der Waals surface area contributed by atoms with Crippen molar-refractivity contribution in [1.82, 2.24) is 4.57 Å². The molecule has 0 saturated carbocycles. The molecule has 32 heavy (non-hydrogen) atoms. The van der Waals surface area contributed by atoms with E-state index in [-0.39, 0.29) is 18.0 Å². The van der Waals surface area contributed by atoms with E-state index in [0.717, 1.165) is 33.8 Å². The summed E-state index contributed by atoms with van der Waals surface area (Å²) in [5, 5.41) is 0. The van der Waals surface area contributed by atoms with E-state index in [0.29, 0.717) is 6.42 Å². The summed E-state index contributed by atoms with van der Waals surface area (Å²) in [6.45, 7) is 4.13. The Hall–Kier alpha value is -3.73. The van der Waals surface area contributed by atoms with Crippen LogP contribution in [-0.2, 0) is 11.2 Å². The van der Waals surface area contributed by atoms with Crippen LogP contribution in [0.2, 0.25) is 0 Å². The monoisotopic (exact) mass is 431 g/mol. The van der Waals surface area contributed by atoms with Crippen molar-refractivity contribution in [2.75, 3.05) is 6.61 Å². The largest absolute Gasteiger partial charge is 0.462 e. The minimum absolute atomic E-state index is 0.0755. The maximum atomic E-state index is 13.8. The first-order valence-electron chi connectivity index (χ1n) is 10.4. The van der Waals surface area contributed by atoms with Crippen molar-refractivity contribution < 1.29 is 18.3 Å². The molecule has 0 spiro atoms. The van der Waals surface area contributed by atoms with E-state index in [2.05, 4.69) is 10.6 Å². The van der Waals surface area contributed by atoms with Crippen LogP contribution in [0.25, 0.3) is 16.9 Å². The minimum Gasteiger partial charge on any atom is -0.462 e. The number of nitrogens with zero attached hydrogens (tertiary/aromatic N) is 1. The van der Waals surface area contributed by atoms with Crippen LogP contribution >= 0.6 is 0 Å². The number of hydrogen-bond acceptors (Lipinski definition) is 2. The predicted octanol–water partition coefficient (Wildman–Crippen LogP) is 6.44. The summed E-state index contributed by atoms with van der Waals surface area (Å²) in [7, 11) is 0. The van der Waals surface area contributed by atoms with Gasteiger partial charge in [-0.1, -0.05) is 42.0 Å². The van der Waals surface area contributed by atoms with Crippen LogP contribution in [0.5, 0.6) is 0 Å². The van der Waals surface area contributed by atoms with Crippen molar-refractivity contribution in [1.29, 1.82) is 0 Å². The summed E-state index contributed by atoms with van der Waals surface area (Å²) in [5.41, 5.74) is 5.87. The van der Waals surface area contributed by atoms with E-state index in [4.69, 9.17) is 4.74 Å². The number of benzene rings is 3. The van der Waals surface area contributed by atoms with E-state index >= 15 is 0 Å². The molecule has 3 aromatic carbocycles. The average molecular weight is 431 g/mol. The number of rotatable bonds is 6. The fourth-order valence-electron chi connectivity index (χ4n) is 3.73. The quantitative estimate of drug-likeness (QED) is 0.329. The van der Waals surface area contributed by atoms with Gasteiger partial charge in [-0.3, -0.25) is 0 Å². The third-order valence-corrected chi connectivity index (χ3v) is 5.48. The lowest BCUT2D eigenvalue weighted by molar-refractivity contribution is 0.0504. The van der Waals surface area contributed by atoms with Gasteiger partial charge in [-0.15, -0.1) is 0 Å². The number of carbonyl (C=O) groups excluding carboxylic acids is 1. The molecular weight excluding hydrogens is 408 g/mol. The van der Waals surface area contributed by atoms with Gasteiger partial charge in [0.1, 0.15) is 11.6 Å². The van der Waals surface area contributed by atoms with E-state index in [1.807, 2.05) is 38.1 Å². The van der Waals surface area contributed by atoms with Gasteiger partial charge < -0.3 is 9.30 Å². The summed E-state index contributed by atoms with van der Waals surface area (Å²) in [6, 6.07) is 22.3. The van der Waals surface area contributed by atoms with Crippen molar-refractivity contribution in [3.05, 3.63) is 113 Å². The van der Waals surface area contributed by atoms with Crippen molar-refractivity contribution >= 4 is 5.97 Å². The van der Waals surface area contributed by atoms with E-state index in [9.17, 15) is 13.6 Å². The molecule has 0 atom stereocenters. The van der Waals surface area contributed by atoms with Crippen molar-refractivity contribution in [2.45, 2.75) is 20.3 Å². The summed E-state index contributed by atoms with van der Waals surface area (Å²) in [4.78, 5) is 12.2. The van der Waals surface area contributed by atoms with Crippen LogP contribution in [-0.4, -0.2) is 17.1 Å². The third-order valence-electron chi connectivity index (χ3n) is 5.48. The summed E-state index contributed by atoms with van der Waals surface area (Å²) >= 11 is 0. The van der Waals surface area contributed by atoms with Gasteiger partial charge in [-0.2, -0.15) is 0 Å². The number of ether oxygens (including phenoxy) is 1. The number of esters is 1. The molecule has 0 radical (unpaired) electrons. The first kappa shape index (κ1) is 21.5. The molecule has 5 heteroatoms. The molecular formula is C27H23F2NO2. The minimum atomic E-state index is -0.683. The fourth-order valence-corrected chi connectivity index (χ4v) is 3.73. The van der Waals surface area contributed by atoms with Gasteiger partial charge in [0.15, 0.2) is 0 Å². The highest BCUT2D eigenvalue weighted by Gasteiger charge is 2.17. The Labute approximate surface area is 185 Å². The molecule has 0 unspecified atom stereocenters. The second-order valence-corrected chi connectivity index (χ2v) is 7.68. The predicted molar refractivity (Wildman–Crippen MR) is 121 cm³/mol. The summed E-state index contributed by atoms with van der Waals surface area (Å²) < 4.78 is 34.7. The molecule has 3 nitrogen and oxygen atoms in total. The lowest BCUT2D eigenvalue weighted by Gasteiger charge is -2.13. The van der Waals surface area contributed by atoms with Gasteiger partial charge in [-0.05, 0) is 67.4 Å². The van der Waals surface area contributed by atoms with Gasteiger partial charge in [-0.25, -0.2) is 13.6 Å². The van der Waals surface area contributed by atoms with Crippen LogP contribution in [0.3, 0.4) is 0 Å². The Morgan fingerprint density at radius 1 is 0.906 bits per heavy atom. The molecule has 162 valence electrons. The first-order chi connectivity index (χ1) is 15.4. The summed E-state index contributed by atoms with van der Waals surface area (Å²) in [5.74, 6) is -1.58. The molecule has 4 aromatic rings. The van der Waals surface area contributed by atoms with Crippen LogP contribution in [0.15, 0.2) is 78.9 Å². The lowest BCUT2D eigenvalue weighted by atomic mass is 10.1. The molecule has 0 saturated heterocycles. The van der Waals surface area contributed by atoms with Gasteiger partial charge in [0.2, 0.25) is 0 Å². The zero-order valence-corrected chi connectivity index (χ0v) is 17.9. The van der Waals surface area contributed by atoms with Crippen LogP contribution in [0.4, 0.5) is 8.78 Å². The van der Waals surface area contributed by atoms with Crippen molar-refractivity contribution in [3.8, 4) is 16.9 Å². The highest BCUT2D eigenvalue weighted by molar-refractivity contribution is 5.89. The van der Waals surface area contributed by atoms with Crippen LogP contribution < -0.4 is 0 Å². The van der Waals surface area contributed by atoms with Gasteiger partial charge in [0.05, 0.1) is 17.9 Å². The maximum Gasteiger partial charge on any atom is 0.341 e. The molecule has 0 N–H and O–H groups in total. The van der Waals surface area contributed by atoms with Crippen molar-refractivity contribution in [3.63, 3.8) is 0 Å². The van der Waals surface area contributed by atoms with Gasteiger partial charge in [0, 0.05) is 17.8 Å². The van der Waals surface area contributed by atoms with E-state index < -0.39 is 11.8 Å². The van der Waals surface area contributed by atoms with Crippen LogP contribution in [0, 0.1) is 25.5 Å². The highest BCUT2D eigenvalue weighted by atomic mass is 19.1. The SMILES string of the molecule is Cc1ccc(-c2cc(CCOC(=O)c3ccccc3F)c(C)n2-c2ccc(F)cc2)cc1. The number of hydrogen-bond donors (Lipinski definition) is 0. The van der Waals surface area contributed by atoms with Gasteiger partial charge >= 0.3 is 5.97 Å². The lowest BCUT2D eigenvalue weighted by Crippen LogP contribution is -2.10. The van der Waals surface area contributed by atoms with E-state index in [1.165, 1.54) is 30.3 Å². The summed E-state index contributed by atoms with van der Waals surface area (Å²) in [6.07, 6.45) is 0.471. The van der Waals surface area contributed by atoms with Crippen LogP contribution in [0.1, 0.15) is 27.2 Å². The Morgan fingerprint density at radius 3 is 2.28 bits per heavy atom. The second kappa shape index (κ2) is 9.18. The third kappa shape index (κ3) is 4.47. The molecule has 1 heterocycles. The number of aryl methyl sites for hydroxylation is 1. The molecule has 0 aliphatic rings. The Kier molecular flexibility index (Phi) is 6.17. The molecule has 0 bridgehead atoms. The topological polar surface area (TPSA) is 31.2 Å². The van der Waals surface area contributed by atoms with E-state index in [1.54, 1.807) is 18.2 Å². The number of aromatic nitrogens is 1. The first-order valence-corrected chi connectivity index (χ1v) is 10.4. The Bertz CT molecular complexity index is 1240. The zero-order valence-electron chi connectivity index (χ0n) is 17.9. The molecule has 0 amide bonds. The second-order valence-electron chi connectivity index (χ2n) is 7.68. The number of carbonyl (C=O) groups is 1. The molecule has 1 aromatic heterocycles. The standard InChI is InChI=1S/C27H23F2NO2/c1-18-7-9-20(10-8-18)26-17-21(19(2)30(26)23-13-11-22(28)12-14-23)15-16-32-27(31)24-5-3-4-6-25(24)29/h3-14,17H,15-16H2,1-2H3. The molecule has 4 rings (SSSR count). The van der Waals surface area contributed by atoms with Crippen molar-refractivity contribution in [2.24, 2.45) is 0 Å². The normalized spacial score (nSPS) is 10.9. The Balaban J connectivity index is 1.62. The zero-order chi connectivity index (χ0) is 22.7. The molecule has 0 aliphatic carbocycles. The highest BCUT2D eigenvalue weighted by Crippen LogP contribution is 2.30. The number of halogens is 2. The molecule has 0 fully saturated rings. The van der Waals surface area contributed by atoms with Gasteiger partial charge in [0.25, 0.3) is 0 Å². The fraction of sp³-hybridized carbons (Fsp3) is 0.148. The average Bonchev–Trinajstić information content (AvgIpc) is 3.11.